The summed E-state index contributed by atoms with van der Waals surface area (Å²) in [4.78, 5) is 12.7. The van der Waals surface area contributed by atoms with E-state index in [0.717, 1.165) is 47.6 Å². The minimum Gasteiger partial charge on any atom is -0.465 e. The lowest BCUT2D eigenvalue weighted by molar-refractivity contribution is 0.134. The molecule has 8 heteroatoms. The van der Waals surface area contributed by atoms with Gasteiger partial charge in [-0.3, -0.25) is 4.40 Å². The average Bonchev–Trinajstić information content (AvgIpc) is 3.30. The molecule has 0 atom stereocenters. The Hall–Kier alpha value is -3.55. The molecule has 0 spiro atoms. The summed E-state index contributed by atoms with van der Waals surface area (Å²) in [5, 5.41) is 21.6. The van der Waals surface area contributed by atoms with Gasteiger partial charge in [-0.2, -0.15) is 0 Å². The van der Waals surface area contributed by atoms with Crippen molar-refractivity contribution in [3.8, 4) is 0 Å². The molecule has 0 radical (unpaired) electrons. The molecule has 1 aliphatic heterocycles. The van der Waals surface area contributed by atoms with Crippen molar-refractivity contribution in [2.45, 2.75) is 39.3 Å². The maximum atomic E-state index is 11.2. The molecule has 2 N–H and O–H groups in total. The highest BCUT2D eigenvalue weighted by Gasteiger charge is 2.24. The predicted molar refractivity (Wildman–Crippen MR) is 120 cm³/mol. The van der Waals surface area contributed by atoms with Gasteiger partial charge in [0.05, 0.1) is 16.7 Å². The lowest BCUT2D eigenvalue weighted by atomic mass is 10.1. The Morgan fingerprint density at radius 2 is 1.84 bits per heavy atom. The number of piperidine rings is 1. The van der Waals surface area contributed by atoms with Crippen LogP contribution in [0.5, 0.6) is 0 Å². The van der Waals surface area contributed by atoms with Gasteiger partial charge in [-0.15, -0.1) is 10.2 Å². The number of anilines is 1. The van der Waals surface area contributed by atoms with Gasteiger partial charge in [0, 0.05) is 31.4 Å². The largest absolute Gasteiger partial charge is 0.465 e. The van der Waals surface area contributed by atoms with Crippen molar-refractivity contribution in [3.05, 3.63) is 59.5 Å². The molecule has 160 valence electrons. The van der Waals surface area contributed by atoms with Crippen LogP contribution in [0.15, 0.2) is 42.5 Å². The first kappa shape index (κ1) is 19.4. The number of hydrogen-bond donors (Lipinski definition) is 2. The second-order valence-electron chi connectivity index (χ2n) is 8.28. The first-order valence-electron chi connectivity index (χ1n) is 10.6. The molecule has 1 saturated heterocycles. The molecule has 1 fully saturated rings. The summed E-state index contributed by atoms with van der Waals surface area (Å²) in [5.41, 5.74) is 6.40. The first-order chi connectivity index (χ1) is 15.0. The van der Waals surface area contributed by atoms with Crippen LogP contribution in [0.25, 0.3) is 16.7 Å². The van der Waals surface area contributed by atoms with Crippen molar-refractivity contribution >= 4 is 28.5 Å². The van der Waals surface area contributed by atoms with Gasteiger partial charge >= 0.3 is 6.09 Å². The van der Waals surface area contributed by atoms with Crippen LogP contribution in [-0.2, 0) is 6.54 Å². The van der Waals surface area contributed by atoms with Gasteiger partial charge < -0.3 is 19.9 Å². The number of nitrogens with zero attached hydrogens (tertiary/aromatic N) is 5. The van der Waals surface area contributed by atoms with Crippen LogP contribution in [0, 0.1) is 13.8 Å². The predicted octanol–water partition coefficient (Wildman–Crippen LogP) is 3.90. The van der Waals surface area contributed by atoms with Gasteiger partial charge in [-0.05, 0) is 44.4 Å². The van der Waals surface area contributed by atoms with Crippen LogP contribution in [0.4, 0.5) is 10.5 Å². The highest BCUT2D eigenvalue weighted by atomic mass is 16.4. The monoisotopic (exact) mass is 418 g/mol. The average molecular weight is 419 g/mol. The van der Waals surface area contributed by atoms with E-state index in [1.807, 2.05) is 13.0 Å². The van der Waals surface area contributed by atoms with Gasteiger partial charge in [0.1, 0.15) is 5.82 Å². The van der Waals surface area contributed by atoms with Crippen LogP contribution in [-0.4, -0.2) is 54.4 Å². The highest BCUT2D eigenvalue weighted by Crippen LogP contribution is 2.30. The molecule has 1 aliphatic rings. The Balaban J connectivity index is 1.55. The minimum absolute atomic E-state index is 0.201. The summed E-state index contributed by atoms with van der Waals surface area (Å²) in [5.74, 6) is 0.848. The number of fused-ring (bicyclic) bond motifs is 3. The normalized spacial score (nSPS) is 15.1. The molecule has 8 nitrogen and oxygen atoms in total. The zero-order valence-corrected chi connectivity index (χ0v) is 17.7. The molecule has 0 bridgehead atoms. The fourth-order valence-electron chi connectivity index (χ4n) is 4.55. The molecule has 5 rings (SSSR count). The third-order valence-electron chi connectivity index (χ3n) is 6.22. The molecule has 1 amide bonds. The topological polar surface area (TPSA) is 87.7 Å². The molecular weight excluding hydrogens is 392 g/mol. The SMILES string of the molecule is Cc1cc2c(cc(NC3CCN(C(=O)O)CC3)c3nnc(C)n32)n1Cc1ccccc1. The van der Waals surface area contributed by atoms with E-state index < -0.39 is 6.09 Å². The molecule has 4 aromatic rings. The lowest BCUT2D eigenvalue weighted by Crippen LogP contribution is -2.41. The number of pyridine rings is 1. The van der Waals surface area contributed by atoms with Gasteiger partial charge in [-0.25, -0.2) is 4.79 Å². The van der Waals surface area contributed by atoms with Crippen LogP contribution in [0.3, 0.4) is 0 Å². The van der Waals surface area contributed by atoms with E-state index in [4.69, 9.17) is 0 Å². The number of benzene rings is 1. The van der Waals surface area contributed by atoms with Gasteiger partial charge in [0.15, 0.2) is 5.65 Å². The van der Waals surface area contributed by atoms with Crippen LogP contribution < -0.4 is 5.32 Å². The Kier molecular flexibility index (Phi) is 4.77. The molecular formula is C23H26N6O2. The van der Waals surface area contributed by atoms with Crippen molar-refractivity contribution in [3.63, 3.8) is 0 Å². The quantitative estimate of drug-likeness (QED) is 0.525. The zero-order chi connectivity index (χ0) is 21.5. The van der Waals surface area contributed by atoms with Crippen LogP contribution >= 0.6 is 0 Å². The first-order valence-corrected chi connectivity index (χ1v) is 10.6. The maximum Gasteiger partial charge on any atom is 0.407 e. The number of aryl methyl sites for hydroxylation is 2. The number of hydrogen-bond acceptors (Lipinski definition) is 4. The fraction of sp³-hybridized carbons (Fsp3) is 0.348. The Bertz CT molecular complexity index is 1250. The summed E-state index contributed by atoms with van der Waals surface area (Å²) in [6, 6.07) is 15.0. The smallest absolute Gasteiger partial charge is 0.407 e. The fourth-order valence-corrected chi connectivity index (χ4v) is 4.55. The number of nitrogens with one attached hydrogen (secondary N) is 1. The van der Waals surface area contributed by atoms with Gasteiger partial charge in [0.25, 0.3) is 0 Å². The van der Waals surface area contributed by atoms with Crippen molar-refractivity contribution in [1.29, 1.82) is 0 Å². The van der Waals surface area contributed by atoms with Gasteiger partial charge in [-0.1, -0.05) is 30.3 Å². The summed E-state index contributed by atoms with van der Waals surface area (Å²) < 4.78 is 4.43. The summed E-state index contributed by atoms with van der Waals surface area (Å²) in [6.45, 7) is 5.97. The molecule has 4 heterocycles. The number of rotatable bonds is 4. The van der Waals surface area contributed by atoms with E-state index in [1.54, 1.807) is 0 Å². The van der Waals surface area contributed by atoms with Gasteiger partial charge in [0.2, 0.25) is 0 Å². The van der Waals surface area contributed by atoms with Crippen LogP contribution in [0.1, 0.15) is 29.9 Å². The van der Waals surface area contributed by atoms with Crippen molar-refractivity contribution in [2.75, 3.05) is 18.4 Å². The number of likely N-dealkylation sites (tertiary alicyclic amines) is 1. The number of amides is 1. The molecule has 0 saturated carbocycles. The van der Waals surface area contributed by atoms with Crippen molar-refractivity contribution in [2.24, 2.45) is 0 Å². The van der Waals surface area contributed by atoms with Crippen LogP contribution in [0.2, 0.25) is 0 Å². The molecule has 0 aliphatic carbocycles. The minimum atomic E-state index is -0.843. The molecule has 31 heavy (non-hydrogen) atoms. The van der Waals surface area contributed by atoms with E-state index >= 15 is 0 Å². The maximum absolute atomic E-state index is 11.2. The lowest BCUT2D eigenvalue weighted by Gasteiger charge is -2.31. The Labute approximate surface area is 180 Å². The third kappa shape index (κ3) is 3.48. The Morgan fingerprint density at radius 3 is 2.55 bits per heavy atom. The second-order valence-corrected chi connectivity index (χ2v) is 8.28. The zero-order valence-electron chi connectivity index (χ0n) is 17.7. The Morgan fingerprint density at radius 1 is 1.10 bits per heavy atom. The van der Waals surface area contributed by atoms with E-state index in [-0.39, 0.29) is 6.04 Å². The number of aromatic nitrogens is 4. The standard InChI is InChI=1S/C23H26N6O2/c1-15-12-21-20(28(15)14-17-6-4-3-5-7-17)13-19(22-26-25-16(2)29(21)22)24-18-8-10-27(11-9-18)23(30)31/h3-7,12-13,18,24H,8-11,14H2,1-2H3,(H,30,31). The number of carbonyl (C=O) groups is 1. The van der Waals surface area contributed by atoms with E-state index in [1.165, 1.54) is 16.2 Å². The van der Waals surface area contributed by atoms with Crippen molar-refractivity contribution < 1.29 is 9.90 Å². The number of carboxylic acid groups (broad SMARTS) is 1. The summed E-state index contributed by atoms with van der Waals surface area (Å²) >= 11 is 0. The molecule has 3 aromatic heterocycles. The van der Waals surface area contributed by atoms with E-state index in [2.05, 4.69) is 67.8 Å². The van der Waals surface area contributed by atoms with E-state index in [9.17, 15) is 9.90 Å². The van der Waals surface area contributed by atoms with E-state index in [0.29, 0.717) is 13.1 Å². The highest BCUT2D eigenvalue weighted by molar-refractivity contribution is 5.88. The molecule has 1 aromatic carbocycles. The summed E-state index contributed by atoms with van der Waals surface area (Å²) in [6.07, 6.45) is 0.700. The second kappa shape index (κ2) is 7.61. The summed E-state index contributed by atoms with van der Waals surface area (Å²) in [7, 11) is 0. The van der Waals surface area contributed by atoms with Crippen molar-refractivity contribution in [1.82, 2.24) is 24.1 Å². The molecule has 0 unspecified atom stereocenters. The third-order valence-corrected chi connectivity index (χ3v) is 6.22.